The molecule has 5 nitrogen and oxygen atoms in total. The molecule has 0 aliphatic heterocycles. The Balaban J connectivity index is 1.61. The zero-order valence-corrected chi connectivity index (χ0v) is 29.7. The minimum atomic E-state index is -1.48. The van der Waals surface area contributed by atoms with Gasteiger partial charge in [0.2, 0.25) is 0 Å². The highest BCUT2D eigenvalue weighted by Gasteiger charge is 2.28. The van der Waals surface area contributed by atoms with Gasteiger partial charge in [0.05, 0.1) is 5.56 Å². The van der Waals surface area contributed by atoms with Gasteiger partial charge in [0.1, 0.15) is 16.9 Å². The Morgan fingerprint density at radius 1 is 0.738 bits per heavy atom. The number of carbonyl (C=O) groups excluding carboxylic acids is 2. The largest absolute Gasteiger partial charge is 0.456 e. The highest BCUT2D eigenvalue weighted by atomic mass is 35.5. The first-order valence-electron chi connectivity index (χ1n) is 15.8. The highest BCUT2D eigenvalue weighted by molar-refractivity contribution is 6.84. The van der Waals surface area contributed by atoms with Crippen LogP contribution in [0.15, 0.2) is 48.5 Å². The smallest absolute Gasteiger partial charge is 0.343 e. The molecule has 2 aromatic rings. The van der Waals surface area contributed by atoms with Crippen molar-refractivity contribution in [2.24, 2.45) is 5.92 Å². The maximum Gasteiger partial charge on any atom is 0.343 e. The summed E-state index contributed by atoms with van der Waals surface area (Å²) >= 11 is 6.16. The van der Waals surface area contributed by atoms with E-state index in [9.17, 15) is 9.59 Å². The van der Waals surface area contributed by atoms with E-state index < -0.39 is 34.0 Å². The van der Waals surface area contributed by atoms with Crippen LogP contribution in [-0.2, 0) is 15.3 Å². The number of hydrogen-bond acceptors (Lipinski definition) is 5. The van der Waals surface area contributed by atoms with E-state index in [0.717, 1.165) is 19.3 Å². The standard InChI is InChI=1S/C34H53ClO5Si2/c1-8-27(2)32(35)34(37)39-31-24-22-30(23-25-31)38-33(36)29-20-18-28(19-21-29)17-15-13-11-9-10-12-14-16-26-42(6,7)40-41(3,4)5/h18-25,27,32H,8-17,26H2,1-7H3/t27-,32-/m0/s1. The van der Waals surface area contributed by atoms with Crippen LogP contribution < -0.4 is 9.47 Å². The molecule has 2 rings (SSSR count). The van der Waals surface area contributed by atoms with Crippen molar-refractivity contribution in [3.05, 3.63) is 59.7 Å². The number of rotatable bonds is 19. The maximum atomic E-state index is 12.6. The monoisotopic (exact) mass is 632 g/mol. The lowest BCUT2D eigenvalue weighted by Crippen LogP contribution is -2.42. The number of halogens is 1. The molecule has 0 spiro atoms. The van der Waals surface area contributed by atoms with Crippen LogP contribution in [0.4, 0.5) is 0 Å². The first-order chi connectivity index (χ1) is 19.8. The fourth-order valence-electron chi connectivity index (χ4n) is 4.98. The number of benzene rings is 2. The van der Waals surface area contributed by atoms with Gasteiger partial charge in [0.15, 0.2) is 16.6 Å². The summed E-state index contributed by atoms with van der Waals surface area (Å²) in [6.07, 6.45) is 12.1. The van der Waals surface area contributed by atoms with Crippen molar-refractivity contribution in [3.8, 4) is 11.5 Å². The molecular formula is C34H53ClO5Si2. The minimum Gasteiger partial charge on any atom is -0.456 e. The molecule has 0 amide bonds. The average molecular weight is 633 g/mol. The molecule has 0 fully saturated rings. The van der Waals surface area contributed by atoms with Crippen LogP contribution in [0.2, 0.25) is 38.8 Å². The van der Waals surface area contributed by atoms with Crippen molar-refractivity contribution in [1.29, 1.82) is 0 Å². The summed E-state index contributed by atoms with van der Waals surface area (Å²) < 4.78 is 17.3. The van der Waals surface area contributed by atoms with Crippen LogP contribution in [0.1, 0.15) is 87.6 Å². The second kappa shape index (κ2) is 18.0. The van der Waals surface area contributed by atoms with Crippen molar-refractivity contribution < 1.29 is 23.2 Å². The molecule has 234 valence electrons. The number of aryl methyl sites for hydroxylation is 1. The van der Waals surface area contributed by atoms with Gasteiger partial charge in [-0.25, -0.2) is 4.79 Å². The Bertz CT molecular complexity index is 1080. The Morgan fingerprint density at radius 2 is 1.24 bits per heavy atom. The zero-order chi connectivity index (χ0) is 31.2. The number of esters is 2. The van der Waals surface area contributed by atoms with E-state index in [1.807, 2.05) is 38.1 Å². The van der Waals surface area contributed by atoms with E-state index in [2.05, 4.69) is 32.7 Å². The van der Waals surface area contributed by atoms with Gasteiger partial charge in [-0.3, -0.25) is 4.79 Å². The molecule has 0 saturated carbocycles. The van der Waals surface area contributed by atoms with E-state index in [1.165, 1.54) is 56.6 Å². The predicted molar refractivity (Wildman–Crippen MR) is 180 cm³/mol. The first-order valence-corrected chi connectivity index (χ1v) is 22.7. The molecule has 8 heteroatoms. The molecule has 0 aliphatic carbocycles. The van der Waals surface area contributed by atoms with Gasteiger partial charge >= 0.3 is 11.9 Å². The minimum absolute atomic E-state index is 0.0238. The van der Waals surface area contributed by atoms with Crippen LogP contribution in [0.5, 0.6) is 11.5 Å². The number of ether oxygens (including phenoxy) is 2. The maximum absolute atomic E-state index is 12.6. The van der Waals surface area contributed by atoms with Crippen LogP contribution in [-0.4, -0.2) is 34.0 Å². The van der Waals surface area contributed by atoms with Gasteiger partial charge in [0, 0.05) is 0 Å². The average Bonchev–Trinajstić information content (AvgIpc) is 2.93. The molecule has 0 radical (unpaired) electrons. The second-order valence-electron chi connectivity index (χ2n) is 13.1. The van der Waals surface area contributed by atoms with Crippen molar-refractivity contribution in [1.82, 2.24) is 0 Å². The molecule has 0 N–H and O–H groups in total. The third-order valence-electron chi connectivity index (χ3n) is 7.39. The van der Waals surface area contributed by atoms with Crippen LogP contribution >= 0.6 is 11.6 Å². The van der Waals surface area contributed by atoms with Crippen molar-refractivity contribution in [2.75, 3.05) is 0 Å². The first kappa shape index (κ1) is 36.3. The fraction of sp³-hybridized carbons (Fsp3) is 0.588. The molecular weight excluding hydrogens is 580 g/mol. The van der Waals surface area contributed by atoms with Gasteiger partial charge in [-0.15, -0.1) is 11.6 Å². The van der Waals surface area contributed by atoms with Gasteiger partial charge in [-0.2, -0.15) is 0 Å². The third-order valence-corrected chi connectivity index (χ3v) is 14.2. The van der Waals surface area contributed by atoms with E-state index in [-0.39, 0.29) is 5.92 Å². The summed E-state index contributed by atoms with van der Waals surface area (Å²) in [6.45, 7) is 15.5. The predicted octanol–water partition coefficient (Wildman–Crippen LogP) is 10.2. The molecule has 2 aromatic carbocycles. The van der Waals surface area contributed by atoms with Gasteiger partial charge in [-0.1, -0.05) is 77.3 Å². The fourth-order valence-corrected chi connectivity index (χ4v) is 13.3. The van der Waals surface area contributed by atoms with E-state index in [0.29, 0.717) is 17.1 Å². The summed E-state index contributed by atoms with van der Waals surface area (Å²) in [5.74, 6) is -0.127. The molecule has 0 unspecified atom stereocenters. The lowest BCUT2D eigenvalue weighted by molar-refractivity contribution is -0.134. The molecule has 0 saturated heterocycles. The number of unbranched alkanes of at least 4 members (excludes halogenated alkanes) is 7. The second-order valence-corrected chi connectivity index (χ2v) is 22.6. The Hall–Kier alpha value is -1.94. The molecule has 0 bridgehead atoms. The van der Waals surface area contributed by atoms with Crippen LogP contribution in [0.3, 0.4) is 0 Å². The topological polar surface area (TPSA) is 61.8 Å². The lowest BCUT2D eigenvalue weighted by Gasteiger charge is -2.31. The SMILES string of the molecule is CC[C@H](C)[C@H](Cl)C(=O)Oc1ccc(OC(=O)c2ccc(CCCCCCCCCC[Si](C)(C)O[Si](C)(C)C)cc2)cc1. The van der Waals surface area contributed by atoms with Gasteiger partial charge in [0.25, 0.3) is 0 Å². The van der Waals surface area contributed by atoms with Gasteiger partial charge in [-0.05, 0) is 99.5 Å². The Morgan fingerprint density at radius 3 is 1.76 bits per heavy atom. The zero-order valence-electron chi connectivity index (χ0n) is 27.0. The quantitative estimate of drug-likeness (QED) is 0.0507. The van der Waals surface area contributed by atoms with Crippen LogP contribution in [0.25, 0.3) is 0 Å². The summed E-state index contributed by atoms with van der Waals surface area (Å²) in [5, 5.41) is -0.699. The normalized spacial score (nSPS) is 13.4. The van der Waals surface area contributed by atoms with E-state index in [1.54, 1.807) is 24.3 Å². The molecule has 0 aliphatic rings. The van der Waals surface area contributed by atoms with E-state index >= 15 is 0 Å². The lowest BCUT2D eigenvalue weighted by atomic mass is 10.0. The van der Waals surface area contributed by atoms with Gasteiger partial charge < -0.3 is 13.6 Å². The summed E-state index contributed by atoms with van der Waals surface area (Å²) in [4.78, 5) is 24.7. The molecule has 0 aromatic heterocycles. The highest BCUT2D eigenvalue weighted by Crippen LogP contribution is 2.23. The third kappa shape index (κ3) is 14.5. The molecule has 2 atom stereocenters. The number of hydrogen-bond donors (Lipinski definition) is 0. The molecule has 0 heterocycles. The van der Waals surface area contributed by atoms with Crippen molar-refractivity contribution >= 4 is 40.2 Å². The van der Waals surface area contributed by atoms with Crippen LogP contribution in [0, 0.1) is 5.92 Å². The Kier molecular flexibility index (Phi) is 15.5. The van der Waals surface area contributed by atoms with E-state index in [4.69, 9.17) is 25.2 Å². The summed E-state index contributed by atoms with van der Waals surface area (Å²) in [7, 11) is -2.90. The van der Waals surface area contributed by atoms with Crippen molar-refractivity contribution in [3.63, 3.8) is 0 Å². The summed E-state index contributed by atoms with van der Waals surface area (Å²) in [6, 6.07) is 15.3. The number of alkyl halides is 1. The van der Waals surface area contributed by atoms with Crippen molar-refractivity contribution in [2.45, 2.75) is 122 Å². The Labute approximate surface area is 261 Å². The molecule has 42 heavy (non-hydrogen) atoms. The number of carbonyl (C=O) groups is 2. The summed E-state index contributed by atoms with van der Waals surface area (Å²) in [5.41, 5.74) is 1.74.